The molecule has 0 aliphatic heterocycles. The van der Waals surface area contributed by atoms with Crippen molar-refractivity contribution in [2.24, 2.45) is 0 Å². The Kier molecular flexibility index (Phi) is 4.65. The Balaban J connectivity index is 1.79. The smallest absolute Gasteiger partial charge is 0.303 e. The first kappa shape index (κ1) is 17.3. The quantitative estimate of drug-likeness (QED) is 0.475. The summed E-state index contributed by atoms with van der Waals surface area (Å²) >= 11 is 5.98. The third-order valence-corrected chi connectivity index (χ3v) is 4.63. The predicted molar refractivity (Wildman–Crippen MR) is 106 cm³/mol. The molecule has 27 heavy (non-hydrogen) atoms. The summed E-state index contributed by atoms with van der Waals surface area (Å²) in [6.45, 7) is 0. The normalized spacial score (nSPS) is 11.0. The summed E-state index contributed by atoms with van der Waals surface area (Å²) in [7, 11) is 0. The molecule has 0 aliphatic rings. The molecule has 5 heteroatoms. The van der Waals surface area contributed by atoms with Gasteiger partial charge in [0.15, 0.2) is 0 Å². The summed E-state index contributed by atoms with van der Waals surface area (Å²) in [6, 6.07) is 21.3. The van der Waals surface area contributed by atoms with Crippen LogP contribution in [0.4, 0.5) is 0 Å². The minimum atomic E-state index is -0.874. The Morgan fingerprint density at radius 1 is 0.963 bits per heavy atom. The maximum absolute atomic E-state index is 11.0. The fourth-order valence-electron chi connectivity index (χ4n) is 3.02. The summed E-state index contributed by atoms with van der Waals surface area (Å²) < 4.78 is 5.98. The number of carbonyl (C=O) groups is 1. The van der Waals surface area contributed by atoms with Crippen LogP contribution in [-0.2, 0) is 11.2 Å². The van der Waals surface area contributed by atoms with E-state index in [1.54, 1.807) is 12.1 Å². The van der Waals surface area contributed by atoms with Crippen molar-refractivity contribution in [3.63, 3.8) is 0 Å². The summed E-state index contributed by atoms with van der Waals surface area (Å²) in [5, 5.41) is 11.9. The van der Waals surface area contributed by atoms with E-state index in [-0.39, 0.29) is 12.8 Å². The number of hydrogen-bond donors (Lipinski definition) is 1. The Labute approximate surface area is 161 Å². The summed E-state index contributed by atoms with van der Waals surface area (Å²) in [4.78, 5) is 15.7. The van der Waals surface area contributed by atoms with E-state index in [0.29, 0.717) is 22.4 Å². The molecule has 0 spiro atoms. The van der Waals surface area contributed by atoms with Crippen molar-refractivity contribution in [2.45, 2.75) is 12.8 Å². The molecular formula is C22H16ClNO3. The van der Waals surface area contributed by atoms with Gasteiger partial charge in [-0.05, 0) is 35.0 Å². The maximum Gasteiger partial charge on any atom is 0.303 e. The lowest BCUT2D eigenvalue weighted by atomic mass is 10.1. The fraction of sp³-hybridized carbons (Fsp3) is 0.0909. The van der Waals surface area contributed by atoms with E-state index < -0.39 is 5.97 Å². The molecule has 0 unspecified atom stereocenters. The second-order valence-electron chi connectivity index (χ2n) is 6.25. The van der Waals surface area contributed by atoms with Gasteiger partial charge < -0.3 is 9.52 Å². The van der Waals surface area contributed by atoms with Crippen molar-refractivity contribution in [3.05, 3.63) is 77.5 Å². The second kappa shape index (κ2) is 7.25. The molecule has 0 fully saturated rings. The molecule has 4 aromatic rings. The van der Waals surface area contributed by atoms with Crippen LogP contribution in [0.25, 0.3) is 33.5 Å². The van der Waals surface area contributed by atoms with Gasteiger partial charge in [-0.3, -0.25) is 4.79 Å². The van der Waals surface area contributed by atoms with Crippen molar-refractivity contribution in [3.8, 4) is 22.7 Å². The molecule has 0 bridgehead atoms. The van der Waals surface area contributed by atoms with Crippen molar-refractivity contribution in [2.75, 3.05) is 0 Å². The highest BCUT2D eigenvalue weighted by atomic mass is 35.5. The molecule has 1 aromatic heterocycles. The zero-order valence-electron chi connectivity index (χ0n) is 14.4. The third-order valence-electron chi connectivity index (χ3n) is 4.38. The SMILES string of the molecule is O=C(O)CCc1oc(-c2ccc3ccccc3c2)nc1-c1ccc(Cl)cc1. The molecule has 0 atom stereocenters. The van der Waals surface area contributed by atoms with Gasteiger partial charge in [0.1, 0.15) is 11.5 Å². The van der Waals surface area contributed by atoms with Crippen molar-refractivity contribution in [1.29, 1.82) is 0 Å². The van der Waals surface area contributed by atoms with Gasteiger partial charge in [0.05, 0.1) is 6.42 Å². The first-order chi connectivity index (χ1) is 13.1. The van der Waals surface area contributed by atoms with Gasteiger partial charge in [-0.25, -0.2) is 4.98 Å². The summed E-state index contributed by atoms with van der Waals surface area (Å²) in [5.41, 5.74) is 2.34. The van der Waals surface area contributed by atoms with Crippen molar-refractivity contribution >= 4 is 28.3 Å². The largest absolute Gasteiger partial charge is 0.481 e. The van der Waals surface area contributed by atoms with Crippen LogP contribution in [-0.4, -0.2) is 16.1 Å². The topological polar surface area (TPSA) is 63.3 Å². The lowest BCUT2D eigenvalue weighted by Crippen LogP contribution is -1.97. The Morgan fingerprint density at radius 3 is 2.41 bits per heavy atom. The molecule has 0 amide bonds. The Hall–Kier alpha value is -3.11. The van der Waals surface area contributed by atoms with Gasteiger partial charge in [0, 0.05) is 22.6 Å². The zero-order chi connectivity index (χ0) is 18.8. The third kappa shape index (κ3) is 3.71. The number of fused-ring (bicyclic) bond motifs is 1. The first-order valence-electron chi connectivity index (χ1n) is 8.57. The molecule has 0 aliphatic carbocycles. The van der Waals surface area contributed by atoms with Gasteiger partial charge in [0.2, 0.25) is 5.89 Å². The number of carboxylic acid groups (broad SMARTS) is 1. The zero-order valence-corrected chi connectivity index (χ0v) is 15.1. The number of aryl methyl sites for hydroxylation is 1. The number of halogens is 1. The molecule has 134 valence electrons. The van der Waals surface area contributed by atoms with Crippen LogP contribution in [0, 0.1) is 0 Å². The second-order valence-corrected chi connectivity index (χ2v) is 6.69. The number of oxazole rings is 1. The van der Waals surface area contributed by atoms with E-state index in [1.165, 1.54) is 0 Å². The van der Waals surface area contributed by atoms with Gasteiger partial charge >= 0.3 is 5.97 Å². The van der Waals surface area contributed by atoms with Crippen LogP contribution < -0.4 is 0 Å². The molecule has 0 saturated carbocycles. The molecule has 1 N–H and O–H groups in total. The molecule has 1 heterocycles. The minimum absolute atomic E-state index is 0.0209. The Morgan fingerprint density at radius 2 is 1.67 bits per heavy atom. The lowest BCUT2D eigenvalue weighted by Gasteiger charge is -2.00. The van der Waals surface area contributed by atoms with E-state index in [2.05, 4.69) is 4.98 Å². The maximum atomic E-state index is 11.0. The predicted octanol–water partition coefficient (Wildman–Crippen LogP) is 5.83. The van der Waals surface area contributed by atoms with Crippen LogP contribution in [0.2, 0.25) is 5.02 Å². The highest BCUT2D eigenvalue weighted by Crippen LogP contribution is 2.32. The van der Waals surface area contributed by atoms with E-state index in [0.717, 1.165) is 21.9 Å². The number of aromatic nitrogens is 1. The van der Waals surface area contributed by atoms with E-state index in [1.807, 2.05) is 54.6 Å². The van der Waals surface area contributed by atoms with Crippen LogP contribution >= 0.6 is 11.6 Å². The minimum Gasteiger partial charge on any atom is -0.481 e. The van der Waals surface area contributed by atoms with E-state index >= 15 is 0 Å². The molecule has 4 rings (SSSR count). The van der Waals surface area contributed by atoms with Gasteiger partial charge in [-0.1, -0.05) is 54.1 Å². The monoisotopic (exact) mass is 377 g/mol. The first-order valence-corrected chi connectivity index (χ1v) is 8.94. The number of carboxylic acids is 1. The standard InChI is InChI=1S/C22H16ClNO3/c23-18-9-7-15(8-10-18)21-19(11-12-20(25)26)27-22(24-21)17-6-5-14-3-1-2-4-16(14)13-17/h1-10,13H,11-12H2,(H,25,26). The molecule has 3 aromatic carbocycles. The number of rotatable bonds is 5. The fourth-order valence-corrected chi connectivity index (χ4v) is 3.15. The van der Waals surface area contributed by atoms with Gasteiger partial charge in [-0.15, -0.1) is 0 Å². The lowest BCUT2D eigenvalue weighted by molar-refractivity contribution is -0.137. The molecule has 0 radical (unpaired) electrons. The number of benzene rings is 3. The van der Waals surface area contributed by atoms with Crippen LogP contribution in [0.5, 0.6) is 0 Å². The highest BCUT2D eigenvalue weighted by Gasteiger charge is 2.17. The van der Waals surface area contributed by atoms with Crippen molar-refractivity contribution in [1.82, 2.24) is 4.98 Å². The Bertz CT molecular complexity index is 1120. The molecular weight excluding hydrogens is 362 g/mol. The number of hydrogen-bond acceptors (Lipinski definition) is 3. The van der Waals surface area contributed by atoms with Crippen molar-refractivity contribution < 1.29 is 14.3 Å². The summed E-state index contributed by atoms with van der Waals surface area (Å²) in [6.07, 6.45) is 0.251. The average molecular weight is 378 g/mol. The molecule has 4 nitrogen and oxygen atoms in total. The number of aliphatic carboxylic acids is 1. The average Bonchev–Trinajstić information content (AvgIpc) is 3.11. The van der Waals surface area contributed by atoms with Crippen LogP contribution in [0.15, 0.2) is 71.1 Å². The molecule has 0 saturated heterocycles. The van der Waals surface area contributed by atoms with Crippen LogP contribution in [0.3, 0.4) is 0 Å². The summed E-state index contributed by atoms with van der Waals surface area (Å²) in [5.74, 6) is 0.162. The van der Waals surface area contributed by atoms with Gasteiger partial charge in [0.25, 0.3) is 0 Å². The van der Waals surface area contributed by atoms with E-state index in [4.69, 9.17) is 21.1 Å². The van der Waals surface area contributed by atoms with Crippen LogP contribution in [0.1, 0.15) is 12.2 Å². The van der Waals surface area contributed by atoms with E-state index in [9.17, 15) is 4.79 Å². The van der Waals surface area contributed by atoms with Gasteiger partial charge in [-0.2, -0.15) is 0 Å². The number of nitrogens with zero attached hydrogens (tertiary/aromatic N) is 1. The highest BCUT2D eigenvalue weighted by molar-refractivity contribution is 6.30.